The third-order valence-corrected chi connectivity index (χ3v) is 3.44. The normalized spacial score (nSPS) is 11.6. The molecule has 128 valence electrons. The number of rotatable bonds is 10. The van der Waals surface area contributed by atoms with Gasteiger partial charge in [0.15, 0.2) is 0 Å². The summed E-state index contributed by atoms with van der Waals surface area (Å²) in [5.74, 6) is 0. The summed E-state index contributed by atoms with van der Waals surface area (Å²) >= 11 is 0. The molecule has 0 bridgehead atoms. The van der Waals surface area contributed by atoms with Gasteiger partial charge in [-0.1, -0.05) is 38.3 Å². The molecule has 23 heavy (non-hydrogen) atoms. The molecule has 1 atom stereocenters. The average Bonchev–Trinajstić information content (AvgIpc) is 2.52. The first-order chi connectivity index (χ1) is 11.0. The lowest BCUT2D eigenvalue weighted by Crippen LogP contribution is -2.42. The van der Waals surface area contributed by atoms with Gasteiger partial charge in [0.2, 0.25) is 0 Å². The number of unbranched alkanes of at least 4 members (excludes halogenated alkanes) is 2. The van der Waals surface area contributed by atoms with Crippen molar-refractivity contribution in [3.8, 4) is 0 Å². The van der Waals surface area contributed by atoms with E-state index < -0.39 is 4.92 Å². The van der Waals surface area contributed by atoms with Gasteiger partial charge in [0.1, 0.15) is 5.69 Å². The quantitative estimate of drug-likeness (QED) is 0.350. The minimum absolute atomic E-state index is 0.0292. The van der Waals surface area contributed by atoms with Crippen molar-refractivity contribution in [1.29, 1.82) is 0 Å². The van der Waals surface area contributed by atoms with E-state index in [1.807, 2.05) is 6.92 Å². The number of anilines is 1. The van der Waals surface area contributed by atoms with Crippen LogP contribution in [0.2, 0.25) is 0 Å². The summed E-state index contributed by atoms with van der Waals surface area (Å²) < 4.78 is 0. The Labute approximate surface area is 137 Å². The van der Waals surface area contributed by atoms with Crippen molar-refractivity contribution in [3.63, 3.8) is 0 Å². The number of carbonyl (C=O) groups excluding carboxylic acids is 1. The summed E-state index contributed by atoms with van der Waals surface area (Å²) in [6.45, 7) is 4.94. The molecule has 0 aromatic heterocycles. The van der Waals surface area contributed by atoms with Crippen LogP contribution in [0.5, 0.6) is 0 Å². The maximum Gasteiger partial charge on any atom is 0.315 e. The number of para-hydroxylation sites is 2. The number of carbonyl (C=O) groups is 1. The molecule has 0 aliphatic rings. The molecule has 0 saturated carbocycles. The number of nitro groups is 1. The summed E-state index contributed by atoms with van der Waals surface area (Å²) in [6, 6.07) is 6.37. The van der Waals surface area contributed by atoms with E-state index in [4.69, 9.17) is 0 Å². The zero-order valence-electron chi connectivity index (χ0n) is 13.8. The standard InChI is InChI=1S/C16H26N4O3/c1-3-4-5-8-13(2)19-16(21)18-12-11-17-14-9-6-7-10-15(14)20(22)23/h6-7,9-10,13,17H,3-5,8,11-12H2,1-2H3,(H2,18,19,21). The van der Waals surface area contributed by atoms with Gasteiger partial charge in [-0.15, -0.1) is 0 Å². The Morgan fingerprint density at radius 3 is 2.70 bits per heavy atom. The molecule has 1 rings (SSSR count). The van der Waals surface area contributed by atoms with Crippen molar-refractivity contribution in [2.45, 2.75) is 45.6 Å². The molecule has 0 radical (unpaired) electrons. The van der Waals surface area contributed by atoms with Gasteiger partial charge < -0.3 is 16.0 Å². The largest absolute Gasteiger partial charge is 0.378 e. The summed E-state index contributed by atoms with van der Waals surface area (Å²) in [5.41, 5.74) is 0.481. The zero-order chi connectivity index (χ0) is 17.1. The minimum atomic E-state index is -0.430. The molecule has 0 aliphatic carbocycles. The molecule has 7 heteroatoms. The van der Waals surface area contributed by atoms with E-state index in [1.165, 1.54) is 12.5 Å². The first kappa shape index (κ1) is 18.7. The van der Waals surface area contributed by atoms with Crippen LogP contribution < -0.4 is 16.0 Å². The molecule has 0 heterocycles. The maximum atomic E-state index is 11.7. The van der Waals surface area contributed by atoms with Gasteiger partial charge in [-0.25, -0.2) is 4.79 Å². The van der Waals surface area contributed by atoms with Crippen LogP contribution in [0.4, 0.5) is 16.2 Å². The Hall–Kier alpha value is -2.31. The van der Waals surface area contributed by atoms with Crippen molar-refractivity contribution in [2.75, 3.05) is 18.4 Å². The number of amides is 2. The van der Waals surface area contributed by atoms with Gasteiger partial charge in [0, 0.05) is 25.2 Å². The maximum absolute atomic E-state index is 11.7. The molecule has 2 amide bonds. The predicted molar refractivity (Wildman–Crippen MR) is 91.7 cm³/mol. The first-order valence-corrected chi connectivity index (χ1v) is 8.06. The number of hydrogen-bond acceptors (Lipinski definition) is 4. The first-order valence-electron chi connectivity index (χ1n) is 8.06. The van der Waals surface area contributed by atoms with Crippen molar-refractivity contribution in [1.82, 2.24) is 10.6 Å². The van der Waals surface area contributed by atoms with Crippen LogP contribution >= 0.6 is 0 Å². The molecule has 0 saturated heterocycles. The van der Waals surface area contributed by atoms with Crippen LogP contribution in [-0.2, 0) is 0 Å². The second-order valence-corrected chi connectivity index (χ2v) is 5.50. The monoisotopic (exact) mass is 322 g/mol. The van der Waals surface area contributed by atoms with Gasteiger partial charge >= 0.3 is 6.03 Å². The highest BCUT2D eigenvalue weighted by molar-refractivity contribution is 5.74. The van der Waals surface area contributed by atoms with Crippen molar-refractivity contribution in [3.05, 3.63) is 34.4 Å². The van der Waals surface area contributed by atoms with Crippen LogP contribution in [0.3, 0.4) is 0 Å². The highest BCUT2D eigenvalue weighted by Gasteiger charge is 2.11. The lowest BCUT2D eigenvalue weighted by Gasteiger charge is -2.14. The lowest BCUT2D eigenvalue weighted by atomic mass is 10.1. The Balaban J connectivity index is 2.24. The molecule has 7 nitrogen and oxygen atoms in total. The minimum Gasteiger partial charge on any atom is -0.378 e. The molecular weight excluding hydrogens is 296 g/mol. The van der Waals surface area contributed by atoms with Crippen LogP contribution in [0.1, 0.15) is 39.5 Å². The van der Waals surface area contributed by atoms with Crippen LogP contribution in [0.25, 0.3) is 0 Å². The SMILES string of the molecule is CCCCCC(C)NC(=O)NCCNc1ccccc1[N+](=O)[O-]. The number of hydrogen-bond donors (Lipinski definition) is 3. The molecule has 0 aliphatic heterocycles. The molecule has 1 unspecified atom stereocenters. The summed E-state index contributed by atoms with van der Waals surface area (Å²) in [6.07, 6.45) is 4.41. The third kappa shape index (κ3) is 7.49. The second kappa shape index (κ2) is 10.4. The molecule has 1 aromatic carbocycles. The fraction of sp³-hybridized carbons (Fsp3) is 0.562. The Kier molecular flexibility index (Phi) is 8.49. The summed E-state index contributed by atoms with van der Waals surface area (Å²) in [4.78, 5) is 22.2. The van der Waals surface area contributed by atoms with E-state index >= 15 is 0 Å². The number of nitrogens with one attached hydrogen (secondary N) is 3. The van der Waals surface area contributed by atoms with Crippen molar-refractivity contribution in [2.24, 2.45) is 0 Å². The van der Waals surface area contributed by atoms with Gasteiger partial charge in [-0.2, -0.15) is 0 Å². The van der Waals surface area contributed by atoms with E-state index in [0.717, 1.165) is 19.3 Å². The van der Waals surface area contributed by atoms with Gasteiger partial charge in [0.05, 0.1) is 4.92 Å². The van der Waals surface area contributed by atoms with Crippen molar-refractivity contribution >= 4 is 17.4 Å². The van der Waals surface area contributed by atoms with Gasteiger partial charge in [0.25, 0.3) is 5.69 Å². The van der Waals surface area contributed by atoms with Crippen LogP contribution in [0.15, 0.2) is 24.3 Å². The van der Waals surface area contributed by atoms with E-state index in [1.54, 1.807) is 18.2 Å². The Morgan fingerprint density at radius 2 is 2.00 bits per heavy atom. The van der Waals surface area contributed by atoms with E-state index in [2.05, 4.69) is 22.9 Å². The lowest BCUT2D eigenvalue weighted by molar-refractivity contribution is -0.384. The molecule has 3 N–H and O–H groups in total. The second-order valence-electron chi connectivity index (χ2n) is 5.50. The zero-order valence-corrected chi connectivity index (χ0v) is 13.8. The predicted octanol–water partition coefficient (Wildman–Crippen LogP) is 3.27. The Morgan fingerprint density at radius 1 is 1.26 bits per heavy atom. The van der Waals surface area contributed by atoms with E-state index in [0.29, 0.717) is 18.8 Å². The molecule has 0 fully saturated rings. The van der Waals surface area contributed by atoms with E-state index in [9.17, 15) is 14.9 Å². The fourth-order valence-electron chi connectivity index (χ4n) is 2.20. The smallest absolute Gasteiger partial charge is 0.315 e. The number of nitro benzene ring substituents is 1. The highest BCUT2D eigenvalue weighted by Crippen LogP contribution is 2.22. The number of urea groups is 1. The topological polar surface area (TPSA) is 96.3 Å². The average molecular weight is 322 g/mol. The summed E-state index contributed by atoms with van der Waals surface area (Å²) in [5, 5.41) is 19.5. The van der Waals surface area contributed by atoms with Gasteiger partial charge in [-0.05, 0) is 19.4 Å². The highest BCUT2D eigenvalue weighted by atomic mass is 16.6. The van der Waals surface area contributed by atoms with Crippen LogP contribution in [-0.4, -0.2) is 30.1 Å². The number of nitrogens with zero attached hydrogens (tertiary/aromatic N) is 1. The molecule has 0 spiro atoms. The van der Waals surface area contributed by atoms with Crippen molar-refractivity contribution < 1.29 is 9.72 Å². The third-order valence-electron chi connectivity index (χ3n) is 3.44. The van der Waals surface area contributed by atoms with E-state index in [-0.39, 0.29) is 17.8 Å². The fourth-order valence-corrected chi connectivity index (χ4v) is 2.20. The molecular formula is C16H26N4O3. The molecule has 1 aromatic rings. The van der Waals surface area contributed by atoms with Crippen LogP contribution in [0, 0.1) is 10.1 Å². The summed E-state index contributed by atoms with van der Waals surface area (Å²) in [7, 11) is 0. The number of benzene rings is 1. The van der Waals surface area contributed by atoms with Gasteiger partial charge in [-0.3, -0.25) is 10.1 Å². The Bertz CT molecular complexity index is 508.